The Bertz CT molecular complexity index is 752. The van der Waals surface area contributed by atoms with E-state index in [9.17, 15) is 18.0 Å². The largest absolute Gasteiger partial charge is 0.496 e. The first-order valence-corrected chi connectivity index (χ1v) is 8.23. The molecule has 140 valence electrons. The van der Waals surface area contributed by atoms with Gasteiger partial charge in [-0.3, -0.25) is 0 Å². The van der Waals surface area contributed by atoms with Crippen LogP contribution in [-0.4, -0.2) is 25.9 Å². The van der Waals surface area contributed by atoms with Gasteiger partial charge in [-0.25, -0.2) is 4.79 Å². The van der Waals surface area contributed by atoms with Gasteiger partial charge in [0.2, 0.25) is 0 Å². The zero-order valence-corrected chi connectivity index (χ0v) is 14.9. The number of esters is 1. The smallest absolute Gasteiger partial charge is 0.390 e. The minimum Gasteiger partial charge on any atom is -0.496 e. The topological polar surface area (TPSA) is 35.5 Å². The monoisotopic (exact) mass is 366 g/mol. The molecule has 0 saturated carbocycles. The van der Waals surface area contributed by atoms with Crippen LogP contribution in [0.4, 0.5) is 13.2 Å². The average molecular weight is 366 g/mol. The lowest BCUT2D eigenvalue weighted by molar-refractivity contribution is -0.136. The minimum atomic E-state index is -4.35. The van der Waals surface area contributed by atoms with Crippen molar-refractivity contribution in [2.24, 2.45) is 0 Å². The molecule has 0 bridgehead atoms. The predicted molar refractivity (Wildman–Crippen MR) is 92.6 cm³/mol. The predicted octanol–water partition coefficient (Wildman–Crippen LogP) is 5.26. The lowest BCUT2D eigenvalue weighted by Gasteiger charge is -2.21. The molecule has 0 aliphatic carbocycles. The zero-order chi connectivity index (χ0) is 19.3. The Morgan fingerprint density at radius 1 is 1.08 bits per heavy atom. The van der Waals surface area contributed by atoms with Crippen molar-refractivity contribution in [2.45, 2.75) is 32.4 Å². The van der Waals surface area contributed by atoms with Gasteiger partial charge >= 0.3 is 12.1 Å². The fourth-order valence-electron chi connectivity index (χ4n) is 2.77. The quantitative estimate of drug-likeness (QED) is 0.654. The first-order chi connectivity index (χ1) is 12.2. The van der Waals surface area contributed by atoms with Crippen molar-refractivity contribution in [3.05, 3.63) is 64.7 Å². The van der Waals surface area contributed by atoms with Crippen LogP contribution in [0, 0.1) is 6.92 Å². The lowest BCUT2D eigenvalue weighted by Crippen LogP contribution is -2.16. The molecular formula is C20H21F3O3. The molecule has 0 amide bonds. The maximum Gasteiger partial charge on any atom is 0.390 e. The Morgan fingerprint density at radius 2 is 1.69 bits per heavy atom. The molecule has 3 nitrogen and oxygen atoms in total. The van der Waals surface area contributed by atoms with E-state index < -0.39 is 24.5 Å². The summed E-state index contributed by atoms with van der Waals surface area (Å²) >= 11 is 0. The summed E-state index contributed by atoms with van der Waals surface area (Å²) in [6.45, 7) is 3.69. The summed E-state index contributed by atoms with van der Waals surface area (Å²) < 4.78 is 49.6. The third-order valence-electron chi connectivity index (χ3n) is 4.04. The molecule has 0 heterocycles. The van der Waals surface area contributed by atoms with Gasteiger partial charge in [-0.05, 0) is 37.1 Å². The Labute approximate surface area is 150 Å². The third-order valence-corrected chi connectivity index (χ3v) is 4.04. The Hall–Kier alpha value is -2.50. The van der Waals surface area contributed by atoms with Gasteiger partial charge in [0, 0.05) is 5.92 Å². The highest BCUT2D eigenvalue weighted by atomic mass is 19.4. The van der Waals surface area contributed by atoms with Crippen LogP contribution in [0.3, 0.4) is 0 Å². The maximum atomic E-state index is 13.2. The summed E-state index contributed by atoms with van der Waals surface area (Å²) in [6, 6.07) is 11.4. The number of rotatable bonds is 6. The Kier molecular flexibility index (Phi) is 6.29. The molecule has 1 atom stereocenters. The van der Waals surface area contributed by atoms with E-state index in [0.717, 1.165) is 5.56 Å². The molecule has 1 unspecified atom stereocenters. The second-order valence-corrected chi connectivity index (χ2v) is 5.96. The highest BCUT2D eigenvalue weighted by molar-refractivity contribution is 5.92. The molecule has 26 heavy (non-hydrogen) atoms. The number of aryl methyl sites for hydroxylation is 1. The molecule has 0 aliphatic heterocycles. The van der Waals surface area contributed by atoms with Gasteiger partial charge in [0.05, 0.1) is 20.1 Å². The molecule has 2 aromatic carbocycles. The zero-order valence-electron chi connectivity index (χ0n) is 14.9. The number of methoxy groups -OCH3 is 1. The number of hydrogen-bond acceptors (Lipinski definition) is 3. The number of carbonyl (C=O) groups excluding carboxylic acids is 1. The second-order valence-electron chi connectivity index (χ2n) is 5.96. The molecule has 2 aromatic rings. The van der Waals surface area contributed by atoms with Crippen molar-refractivity contribution in [2.75, 3.05) is 13.7 Å². The van der Waals surface area contributed by atoms with Gasteiger partial charge < -0.3 is 9.47 Å². The highest BCUT2D eigenvalue weighted by Crippen LogP contribution is 2.37. The SMILES string of the molecule is CCOC(=O)c1cc(C(CC(F)(F)F)c2ccc(C)cc2)ccc1OC. The van der Waals surface area contributed by atoms with Gasteiger partial charge in [0.25, 0.3) is 0 Å². The summed E-state index contributed by atoms with van der Waals surface area (Å²) in [6.07, 6.45) is -5.37. The molecule has 0 aromatic heterocycles. The molecule has 2 rings (SSSR count). The van der Waals surface area contributed by atoms with Gasteiger partial charge in [0.1, 0.15) is 11.3 Å². The van der Waals surface area contributed by atoms with E-state index in [1.807, 2.05) is 6.92 Å². The normalized spacial score (nSPS) is 12.5. The molecular weight excluding hydrogens is 345 g/mol. The van der Waals surface area contributed by atoms with E-state index in [1.165, 1.54) is 19.2 Å². The highest BCUT2D eigenvalue weighted by Gasteiger charge is 2.34. The van der Waals surface area contributed by atoms with Crippen molar-refractivity contribution >= 4 is 5.97 Å². The molecule has 0 saturated heterocycles. The van der Waals surface area contributed by atoms with Crippen LogP contribution in [0.15, 0.2) is 42.5 Å². The number of benzene rings is 2. The standard InChI is InChI=1S/C20H21F3O3/c1-4-26-19(24)16-11-15(9-10-18(16)25-3)17(12-20(21,22)23)14-7-5-13(2)6-8-14/h5-11,17H,4,12H2,1-3H3. The molecule has 6 heteroatoms. The molecule has 0 N–H and O–H groups in total. The average Bonchev–Trinajstić information content (AvgIpc) is 2.59. The summed E-state index contributed by atoms with van der Waals surface area (Å²) in [5.74, 6) is -1.28. The summed E-state index contributed by atoms with van der Waals surface area (Å²) in [7, 11) is 1.39. The molecule has 0 aliphatic rings. The summed E-state index contributed by atoms with van der Waals surface area (Å²) in [4.78, 5) is 12.1. The lowest BCUT2D eigenvalue weighted by atomic mass is 9.87. The summed E-state index contributed by atoms with van der Waals surface area (Å²) in [5, 5.41) is 0. The van der Waals surface area contributed by atoms with Crippen molar-refractivity contribution < 1.29 is 27.4 Å². The van der Waals surface area contributed by atoms with E-state index >= 15 is 0 Å². The maximum absolute atomic E-state index is 13.2. The van der Waals surface area contributed by atoms with E-state index in [0.29, 0.717) is 11.1 Å². The van der Waals surface area contributed by atoms with Crippen LogP contribution in [-0.2, 0) is 4.74 Å². The van der Waals surface area contributed by atoms with Crippen LogP contribution in [0.1, 0.15) is 46.3 Å². The van der Waals surface area contributed by atoms with Gasteiger partial charge in [-0.2, -0.15) is 13.2 Å². The van der Waals surface area contributed by atoms with Crippen molar-refractivity contribution in [3.8, 4) is 5.75 Å². The van der Waals surface area contributed by atoms with E-state index in [2.05, 4.69) is 0 Å². The molecule has 0 spiro atoms. The fraction of sp³-hybridized carbons (Fsp3) is 0.350. The number of halogens is 3. The van der Waals surface area contributed by atoms with Crippen LogP contribution >= 0.6 is 0 Å². The van der Waals surface area contributed by atoms with Gasteiger partial charge in [-0.15, -0.1) is 0 Å². The first kappa shape index (κ1) is 19.8. The van der Waals surface area contributed by atoms with E-state index in [-0.39, 0.29) is 17.9 Å². The van der Waals surface area contributed by atoms with Crippen molar-refractivity contribution in [1.82, 2.24) is 0 Å². The van der Waals surface area contributed by atoms with Gasteiger partial charge in [-0.1, -0.05) is 35.9 Å². The second kappa shape index (κ2) is 8.25. The number of alkyl halides is 3. The minimum absolute atomic E-state index is 0.117. The van der Waals surface area contributed by atoms with Crippen LogP contribution in [0.2, 0.25) is 0 Å². The van der Waals surface area contributed by atoms with Crippen molar-refractivity contribution in [3.63, 3.8) is 0 Å². The fourth-order valence-corrected chi connectivity index (χ4v) is 2.77. The first-order valence-electron chi connectivity index (χ1n) is 8.23. The molecule has 0 fully saturated rings. The van der Waals surface area contributed by atoms with Crippen LogP contribution in [0.25, 0.3) is 0 Å². The van der Waals surface area contributed by atoms with Gasteiger partial charge in [0.15, 0.2) is 0 Å². The Balaban J connectivity index is 2.51. The molecule has 0 radical (unpaired) electrons. The number of ether oxygens (including phenoxy) is 2. The number of carbonyl (C=O) groups is 1. The van der Waals surface area contributed by atoms with Crippen LogP contribution < -0.4 is 4.74 Å². The van der Waals surface area contributed by atoms with Crippen LogP contribution in [0.5, 0.6) is 5.75 Å². The van der Waals surface area contributed by atoms with Crippen molar-refractivity contribution in [1.29, 1.82) is 0 Å². The Morgan fingerprint density at radius 3 is 2.23 bits per heavy atom. The number of hydrogen-bond donors (Lipinski definition) is 0. The van der Waals surface area contributed by atoms with E-state index in [1.54, 1.807) is 37.3 Å². The summed E-state index contributed by atoms with van der Waals surface area (Å²) in [5.41, 5.74) is 2.00. The van der Waals surface area contributed by atoms with E-state index in [4.69, 9.17) is 9.47 Å². The third kappa shape index (κ3) is 5.00.